The highest BCUT2D eigenvalue weighted by atomic mass is 32.1. The normalized spacial score (nSPS) is 15.2. The van der Waals surface area contributed by atoms with Crippen molar-refractivity contribution in [1.29, 1.82) is 0 Å². The highest BCUT2D eigenvalue weighted by molar-refractivity contribution is 7.10. The molecular formula is C21H25N3O2S. The number of nitrogens with zero attached hydrogens (tertiary/aromatic N) is 2. The lowest BCUT2D eigenvalue weighted by molar-refractivity contribution is -0.127. The predicted molar refractivity (Wildman–Crippen MR) is 108 cm³/mol. The third kappa shape index (κ3) is 6.32. The van der Waals surface area contributed by atoms with Gasteiger partial charge in [0.2, 0.25) is 11.8 Å². The van der Waals surface area contributed by atoms with Crippen LogP contribution in [0.2, 0.25) is 0 Å². The van der Waals surface area contributed by atoms with Crippen LogP contribution < -0.4 is 5.32 Å². The fourth-order valence-corrected chi connectivity index (χ4v) is 3.83. The maximum atomic E-state index is 12.3. The third-order valence-corrected chi connectivity index (χ3v) is 5.69. The topological polar surface area (TPSA) is 62.3 Å². The van der Waals surface area contributed by atoms with Gasteiger partial charge < -0.3 is 10.2 Å². The molecule has 5 nitrogen and oxygen atoms in total. The lowest BCUT2D eigenvalue weighted by Crippen LogP contribution is -2.37. The molecule has 0 saturated carbocycles. The summed E-state index contributed by atoms with van der Waals surface area (Å²) in [4.78, 5) is 31.3. The molecule has 0 radical (unpaired) electrons. The van der Waals surface area contributed by atoms with E-state index in [1.54, 1.807) is 29.8 Å². The molecule has 0 atom stereocenters. The number of thiophene rings is 1. The standard InChI is InChI=1S/C21H25N3O2S/c25-20(23-16-18-3-1-11-22-15-18)7-5-17-9-12-24(13-10-17)21(26)8-6-19-4-2-14-27-19/h1-4,6,8,11,14-15,17H,5,7,9-10,12-13,16H2,(H,23,25). The van der Waals surface area contributed by atoms with Gasteiger partial charge in [0, 0.05) is 49.4 Å². The van der Waals surface area contributed by atoms with Crippen molar-refractivity contribution >= 4 is 29.2 Å². The second kappa shape index (κ2) is 10.0. The number of aromatic nitrogens is 1. The minimum absolute atomic E-state index is 0.0797. The second-order valence-electron chi connectivity index (χ2n) is 6.79. The highest BCUT2D eigenvalue weighted by Gasteiger charge is 2.22. The Hall–Kier alpha value is -2.47. The summed E-state index contributed by atoms with van der Waals surface area (Å²) in [7, 11) is 0. The van der Waals surface area contributed by atoms with Gasteiger partial charge in [-0.2, -0.15) is 0 Å². The summed E-state index contributed by atoms with van der Waals surface area (Å²) in [6.45, 7) is 2.07. The molecule has 0 aliphatic carbocycles. The van der Waals surface area contributed by atoms with Crippen LogP contribution in [-0.2, 0) is 16.1 Å². The Balaban J connectivity index is 1.33. The van der Waals surface area contributed by atoms with Crippen LogP contribution in [-0.4, -0.2) is 34.8 Å². The summed E-state index contributed by atoms with van der Waals surface area (Å²) in [6.07, 6.45) is 10.4. The van der Waals surface area contributed by atoms with Crippen LogP contribution in [0.3, 0.4) is 0 Å². The first-order valence-corrected chi connectivity index (χ1v) is 10.2. The van der Waals surface area contributed by atoms with E-state index in [0.717, 1.165) is 42.8 Å². The van der Waals surface area contributed by atoms with Crippen LogP contribution in [0.5, 0.6) is 0 Å². The number of hydrogen-bond acceptors (Lipinski definition) is 4. The first-order chi connectivity index (χ1) is 13.2. The second-order valence-corrected chi connectivity index (χ2v) is 7.77. The molecule has 1 aliphatic rings. The zero-order valence-corrected chi connectivity index (χ0v) is 16.2. The number of likely N-dealkylation sites (tertiary alicyclic amines) is 1. The molecule has 1 aliphatic heterocycles. The molecule has 2 aromatic rings. The largest absolute Gasteiger partial charge is 0.352 e. The van der Waals surface area contributed by atoms with Crippen molar-refractivity contribution in [2.24, 2.45) is 5.92 Å². The van der Waals surface area contributed by atoms with Crippen molar-refractivity contribution in [3.8, 4) is 0 Å². The van der Waals surface area contributed by atoms with E-state index in [-0.39, 0.29) is 11.8 Å². The summed E-state index contributed by atoms with van der Waals surface area (Å²) < 4.78 is 0. The van der Waals surface area contributed by atoms with Gasteiger partial charge in [-0.15, -0.1) is 11.3 Å². The van der Waals surface area contributed by atoms with Crippen LogP contribution in [0.4, 0.5) is 0 Å². The van der Waals surface area contributed by atoms with Crippen LogP contribution in [0.1, 0.15) is 36.1 Å². The summed E-state index contributed by atoms with van der Waals surface area (Å²) in [5.41, 5.74) is 1.01. The van der Waals surface area contributed by atoms with Gasteiger partial charge in [-0.3, -0.25) is 14.6 Å². The van der Waals surface area contributed by atoms with Crippen LogP contribution in [0, 0.1) is 5.92 Å². The van der Waals surface area contributed by atoms with Gasteiger partial charge >= 0.3 is 0 Å². The fourth-order valence-electron chi connectivity index (χ4n) is 3.21. The Morgan fingerprint density at radius 1 is 1.26 bits per heavy atom. The van der Waals surface area contributed by atoms with Crippen LogP contribution >= 0.6 is 11.3 Å². The van der Waals surface area contributed by atoms with Gasteiger partial charge in [0.1, 0.15) is 0 Å². The maximum Gasteiger partial charge on any atom is 0.246 e. The van der Waals surface area contributed by atoms with Crippen molar-refractivity contribution in [3.63, 3.8) is 0 Å². The molecule has 0 aromatic carbocycles. The average Bonchev–Trinajstić information content (AvgIpc) is 3.24. The van der Waals surface area contributed by atoms with E-state index in [1.165, 1.54) is 0 Å². The summed E-state index contributed by atoms with van der Waals surface area (Å²) in [5.74, 6) is 0.673. The molecule has 0 spiro atoms. The number of amides is 2. The lowest BCUT2D eigenvalue weighted by atomic mass is 9.92. The molecule has 1 N–H and O–H groups in total. The third-order valence-electron chi connectivity index (χ3n) is 4.85. The van der Waals surface area contributed by atoms with Gasteiger partial charge in [0.15, 0.2) is 0 Å². The number of carbonyl (C=O) groups is 2. The molecule has 0 bridgehead atoms. The molecule has 3 rings (SSSR count). The minimum Gasteiger partial charge on any atom is -0.352 e. The molecule has 142 valence electrons. The van der Waals surface area contributed by atoms with Crippen molar-refractivity contribution in [1.82, 2.24) is 15.2 Å². The number of pyridine rings is 1. The van der Waals surface area contributed by atoms with Crippen molar-refractivity contribution in [3.05, 3.63) is 58.6 Å². The van der Waals surface area contributed by atoms with Gasteiger partial charge in [-0.05, 0) is 54.3 Å². The molecule has 0 unspecified atom stereocenters. The Morgan fingerprint density at radius 2 is 2.11 bits per heavy atom. The Labute approximate surface area is 164 Å². The Morgan fingerprint density at radius 3 is 2.81 bits per heavy atom. The number of piperidine rings is 1. The zero-order valence-electron chi connectivity index (χ0n) is 15.3. The molecule has 2 amide bonds. The quantitative estimate of drug-likeness (QED) is 0.745. The van der Waals surface area contributed by atoms with E-state index >= 15 is 0 Å². The van der Waals surface area contributed by atoms with E-state index in [0.29, 0.717) is 18.9 Å². The molecule has 6 heteroatoms. The van der Waals surface area contributed by atoms with E-state index in [4.69, 9.17) is 0 Å². The van der Waals surface area contributed by atoms with Gasteiger partial charge in [-0.1, -0.05) is 12.1 Å². The highest BCUT2D eigenvalue weighted by Crippen LogP contribution is 2.22. The van der Waals surface area contributed by atoms with Gasteiger partial charge in [-0.25, -0.2) is 0 Å². The Bertz CT molecular complexity index is 751. The maximum absolute atomic E-state index is 12.3. The molecule has 1 saturated heterocycles. The van der Waals surface area contributed by atoms with Crippen molar-refractivity contribution in [2.75, 3.05) is 13.1 Å². The summed E-state index contributed by atoms with van der Waals surface area (Å²) >= 11 is 1.62. The van der Waals surface area contributed by atoms with E-state index in [1.807, 2.05) is 40.6 Å². The molecular weight excluding hydrogens is 358 g/mol. The van der Waals surface area contributed by atoms with Gasteiger partial charge in [0.25, 0.3) is 0 Å². The number of rotatable bonds is 7. The predicted octanol–water partition coefficient (Wildman–Crippen LogP) is 3.49. The monoisotopic (exact) mass is 383 g/mol. The zero-order chi connectivity index (χ0) is 18.9. The van der Waals surface area contributed by atoms with Crippen LogP contribution in [0.25, 0.3) is 6.08 Å². The molecule has 3 heterocycles. The molecule has 1 fully saturated rings. The Kier molecular flexibility index (Phi) is 7.16. The average molecular weight is 384 g/mol. The SMILES string of the molecule is O=C(CCC1CCN(C(=O)C=Cc2cccs2)CC1)NCc1cccnc1. The number of hydrogen-bond donors (Lipinski definition) is 1. The van der Waals surface area contributed by atoms with Gasteiger partial charge in [0.05, 0.1) is 0 Å². The van der Waals surface area contributed by atoms with Crippen molar-refractivity contribution in [2.45, 2.75) is 32.2 Å². The van der Waals surface area contributed by atoms with E-state index in [9.17, 15) is 9.59 Å². The molecule has 2 aromatic heterocycles. The molecule has 27 heavy (non-hydrogen) atoms. The van der Waals surface area contributed by atoms with E-state index in [2.05, 4.69) is 10.3 Å². The fraction of sp³-hybridized carbons (Fsp3) is 0.381. The smallest absolute Gasteiger partial charge is 0.246 e. The lowest BCUT2D eigenvalue weighted by Gasteiger charge is -2.31. The van der Waals surface area contributed by atoms with Crippen LogP contribution in [0.15, 0.2) is 48.1 Å². The number of nitrogens with one attached hydrogen (secondary N) is 1. The van der Waals surface area contributed by atoms with Crippen molar-refractivity contribution < 1.29 is 9.59 Å². The first kappa shape index (κ1) is 19.3. The summed E-state index contributed by atoms with van der Waals surface area (Å²) in [6, 6.07) is 7.80. The summed E-state index contributed by atoms with van der Waals surface area (Å²) in [5, 5.41) is 4.95. The first-order valence-electron chi connectivity index (χ1n) is 9.37. The minimum atomic E-state index is 0.0797. The number of carbonyl (C=O) groups excluding carboxylic acids is 2. The van der Waals surface area contributed by atoms with E-state index < -0.39 is 0 Å².